The van der Waals surface area contributed by atoms with Gasteiger partial charge in [0.15, 0.2) is 5.58 Å². The molecule has 0 amide bonds. The minimum absolute atomic E-state index is 0.866. The van der Waals surface area contributed by atoms with Crippen molar-refractivity contribution >= 4 is 66.3 Å². The van der Waals surface area contributed by atoms with Gasteiger partial charge in [0.05, 0.1) is 16.6 Å². The molecule has 4 nitrogen and oxygen atoms in total. The molecule has 0 spiro atoms. The minimum Gasteiger partial charge on any atom is -0.454 e. The molecule has 4 heteroatoms. The summed E-state index contributed by atoms with van der Waals surface area (Å²) in [4.78, 5) is 0. The van der Waals surface area contributed by atoms with E-state index in [0.717, 1.165) is 77.7 Å². The third-order valence-electron chi connectivity index (χ3n) is 8.20. The molecule has 0 aliphatic heterocycles. The van der Waals surface area contributed by atoms with Crippen LogP contribution in [0.25, 0.3) is 71.7 Å². The van der Waals surface area contributed by atoms with Crippen LogP contribution >= 0.6 is 0 Å². The second-order valence-corrected chi connectivity index (χ2v) is 10.7. The predicted octanol–water partition coefficient (Wildman–Crippen LogP) is 10.8. The van der Waals surface area contributed by atoms with Gasteiger partial charge in [-0.05, 0) is 65.7 Å². The van der Waals surface area contributed by atoms with Crippen LogP contribution in [-0.2, 0) is 0 Å². The Kier molecular flexibility index (Phi) is 4.87. The Hall–Kier alpha value is -5.74. The second kappa shape index (κ2) is 8.88. The number of rotatable bonds is 4. The van der Waals surface area contributed by atoms with Crippen LogP contribution in [0.3, 0.4) is 0 Å². The highest BCUT2D eigenvalue weighted by atomic mass is 16.3. The summed E-state index contributed by atoms with van der Waals surface area (Å²) in [5.74, 6) is 0. The molecule has 0 unspecified atom stereocenters. The molecular weight excluding hydrogens is 516 g/mol. The number of para-hydroxylation sites is 4. The Labute approximate surface area is 241 Å². The molecule has 0 saturated carbocycles. The maximum Gasteiger partial charge on any atom is 0.213 e. The van der Waals surface area contributed by atoms with Gasteiger partial charge in [0.2, 0.25) is 5.71 Å². The average molecular weight is 541 g/mol. The molecule has 0 radical (unpaired) electrons. The Balaban J connectivity index is 1.09. The van der Waals surface area contributed by atoms with E-state index in [9.17, 15) is 0 Å². The van der Waals surface area contributed by atoms with Crippen molar-refractivity contribution in [1.82, 2.24) is 4.57 Å². The van der Waals surface area contributed by atoms with Crippen molar-refractivity contribution in [2.24, 2.45) is 0 Å². The zero-order chi connectivity index (χ0) is 27.6. The summed E-state index contributed by atoms with van der Waals surface area (Å²) < 4.78 is 15.0. The fraction of sp³-hybridized carbons (Fsp3) is 0. The molecule has 0 aliphatic rings. The lowest BCUT2D eigenvalue weighted by Gasteiger charge is -2.09. The zero-order valence-electron chi connectivity index (χ0n) is 22.5. The van der Waals surface area contributed by atoms with Crippen LogP contribution in [0.2, 0.25) is 0 Å². The number of hydrogen-bond acceptors (Lipinski definition) is 3. The maximum absolute atomic E-state index is 6.59. The minimum atomic E-state index is 0.866. The van der Waals surface area contributed by atoms with Crippen LogP contribution in [0.1, 0.15) is 0 Å². The monoisotopic (exact) mass is 540 g/mol. The van der Waals surface area contributed by atoms with Crippen molar-refractivity contribution in [3.05, 3.63) is 140 Å². The number of fused-ring (bicyclic) bond motifs is 8. The van der Waals surface area contributed by atoms with Crippen LogP contribution in [0.5, 0.6) is 0 Å². The average Bonchev–Trinajstić information content (AvgIpc) is 3.71. The highest BCUT2D eigenvalue weighted by Gasteiger charge is 2.19. The molecule has 6 aromatic carbocycles. The van der Waals surface area contributed by atoms with Gasteiger partial charge in [-0.1, -0.05) is 84.9 Å². The van der Waals surface area contributed by atoms with Gasteiger partial charge in [-0.15, -0.1) is 0 Å². The summed E-state index contributed by atoms with van der Waals surface area (Å²) in [7, 11) is 0. The summed E-state index contributed by atoms with van der Waals surface area (Å²) in [6, 6.07) is 48.3. The highest BCUT2D eigenvalue weighted by Crippen LogP contribution is 2.40. The molecule has 9 rings (SSSR count). The molecule has 0 aliphatic carbocycles. The molecule has 0 bridgehead atoms. The molecule has 0 fully saturated rings. The van der Waals surface area contributed by atoms with Gasteiger partial charge in [0.1, 0.15) is 11.2 Å². The van der Waals surface area contributed by atoms with E-state index in [-0.39, 0.29) is 0 Å². The Morgan fingerprint density at radius 3 is 2.12 bits per heavy atom. The van der Waals surface area contributed by atoms with E-state index in [1.54, 1.807) is 0 Å². The van der Waals surface area contributed by atoms with Crippen LogP contribution in [0.4, 0.5) is 11.4 Å². The Morgan fingerprint density at radius 2 is 1.24 bits per heavy atom. The SMILES string of the molecule is c1ccc(-n2c3ccccc3c3c4ccc(-c5ccc(Nc6cccc7c6oc6ccccc67)cc5)cc4oc32)cc1. The van der Waals surface area contributed by atoms with Crippen LogP contribution in [0, 0.1) is 0 Å². The third kappa shape index (κ3) is 3.42. The van der Waals surface area contributed by atoms with Gasteiger partial charge in [-0.25, -0.2) is 0 Å². The van der Waals surface area contributed by atoms with Crippen molar-refractivity contribution < 1.29 is 8.83 Å². The van der Waals surface area contributed by atoms with Crippen molar-refractivity contribution in [3.63, 3.8) is 0 Å². The molecule has 0 atom stereocenters. The molecule has 42 heavy (non-hydrogen) atoms. The molecule has 3 aromatic heterocycles. The van der Waals surface area contributed by atoms with Crippen molar-refractivity contribution in [3.8, 4) is 16.8 Å². The van der Waals surface area contributed by atoms with Gasteiger partial charge < -0.3 is 14.2 Å². The summed E-state index contributed by atoms with van der Waals surface area (Å²) in [6.45, 7) is 0. The van der Waals surface area contributed by atoms with Gasteiger partial charge >= 0.3 is 0 Å². The van der Waals surface area contributed by atoms with Crippen LogP contribution in [0.15, 0.2) is 148 Å². The van der Waals surface area contributed by atoms with Crippen LogP contribution < -0.4 is 5.32 Å². The van der Waals surface area contributed by atoms with E-state index in [4.69, 9.17) is 8.83 Å². The summed E-state index contributed by atoms with van der Waals surface area (Å²) in [5.41, 5.74) is 9.93. The fourth-order valence-corrected chi connectivity index (χ4v) is 6.25. The zero-order valence-corrected chi connectivity index (χ0v) is 22.5. The van der Waals surface area contributed by atoms with E-state index in [2.05, 4.69) is 125 Å². The molecule has 1 N–H and O–H groups in total. The number of hydrogen-bond donors (Lipinski definition) is 1. The fourth-order valence-electron chi connectivity index (χ4n) is 6.25. The first-order valence-electron chi connectivity index (χ1n) is 14.1. The van der Waals surface area contributed by atoms with Crippen molar-refractivity contribution in [2.75, 3.05) is 5.32 Å². The van der Waals surface area contributed by atoms with Crippen LogP contribution in [-0.4, -0.2) is 4.57 Å². The third-order valence-corrected chi connectivity index (χ3v) is 8.20. The number of furan rings is 2. The van der Waals surface area contributed by atoms with Crippen molar-refractivity contribution in [2.45, 2.75) is 0 Å². The Bertz CT molecular complexity index is 2430. The number of benzene rings is 6. The Morgan fingerprint density at radius 1 is 0.500 bits per heavy atom. The van der Waals surface area contributed by atoms with Gasteiger partial charge in [-0.3, -0.25) is 4.57 Å². The number of anilines is 2. The summed E-state index contributed by atoms with van der Waals surface area (Å²) in [5, 5.41) is 9.25. The first kappa shape index (κ1) is 23.0. The first-order chi connectivity index (χ1) is 20.8. The van der Waals surface area contributed by atoms with E-state index in [1.165, 1.54) is 5.39 Å². The lowest BCUT2D eigenvalue weighted by molar-refractivity contribution is 0.645. The first-order valence-corrected chi connectivity index (χ1v) is 14.1. The highest BCUT2D eigenvalue weighted by molar-refractivity contribution is 6.20. The molecule has 198 valence electrons. The summed E-state index contributed by atoms with van der Waals surface area (Å²) in [6.07, 6.45) is 0. The second-order valence-electron chi connectivity index (χ2n) is 10.7. The van der Waals surface area contributed by atoms with E-state index < -0.39 is 0 Å². The van der Waals surface area contributed by atoms with Gasteiger partial charge in [-0.2, -0.15) is 0 Å². The number of aromatic nitrogens is 1. The van der Waals surface area contributed by atoms with Gasteiger partial charge in [0, 0.05) is 32.9 Å². The molecule has 3 heterocycles. The van der Waals surface area contributed by atoms with E-state index in [0.29, 0.717) is 0 Å². The van der Waals surface area contributed by atoms with Crippen molar-refractivity contribution in [1.29, 1.82) is 0 Å². The lowest BCUT2D eigenvalue weighted by atomic mass is 10.0. The largest absolute Gasteiger partial charge is 0.454 e. The topological polar surface area (TPSA) is 43.2 Å². The van der Waals surface area contributed by atoms with E-state index in [1.807, 2.05) is 24.3 Å². The standard InChI is InChI=1S/C38H24N2O2/c1-2-9-27(10-3-1)40-33-15-6-4-12-30(33)36-31-22-19-25(23-35(31)42-38(36)40)24-17-20-26(21-18-24)39-32-14-8-13-29-28-11-5-7-16-34(28)41-37(29)32/h1-23,39H. The lowest BCUT2D eigenvalue weighted by Crippen LogP contribution is -1.91. The normalized spacial score (nSPS) is 11.8. The maximum atomic E-state index is 6.59. The molecular formula is C38H24N2O2. The number of nitrogens with zero attached hydrogens (tertiary/aromatic N) is 1. The van der Waals surface area contributed by atoms with Gasteiger partial charge in [0.25, 0.3) is 0 Å². The quantitative estimate of drug-likeness (QED) is 0.241. The molecule has 9 aromatic rings. The smallest absolute Gasteiger partial charge is 0.213 e. The predicted molar refractivity (Wildman–Crippen MR) is 173 cm³/mol. The number of nitrogens with one attached hydrogen (secondary N) is 1. The summed E-state index contributed by atoms with van der Waals surface area (Å²) >= 11 is 0. The molecule has 0 saturated heterocycles. The van der Waals surface area contributed by atoms with E-state index >= 15 is 0 Å².